The molecule has 1 saturated heterocycles. The minimum Gasteiger partial charge on any atom is -0.494 e. The van der Waals surface area contributed by atoms with Crippen LogP contribution in [0.5, 0.6) is 5.75 Å². The van der Waals surface area contributed by atoms with Crippen LogP contribution in [0.1, 0.15) is 44.7 Å². The van der Waals surface area contributed by atoms with Gasteiger partial charge in [0.15, 0.2) is 0 Å². The molecule has 2 atom stereocenters. The molecule has 2 unspecified atom stereocenters. The first-order valence-electron chi connectivity index (χ1n) is 7.48. The second-order valence-corrected chi connectivity index (χ2v) is 5.24. The molecule has 0 radical (unpaired) electrons. The van der Waals surface area contributed by atoms with Crippen LogP contribution >= 0.6 is 0 Å². The fraction of sp³-hybridized carbons (Fsp3) is 0.625. The van der Waals surface area contributed by atoms with Crippen LogP contribution in [0.2, 0.25) is 0 Å². The Balaban J connectivity index is 2.26. The molecule has 19 heavy (non-hydrogen) atoms. The Morgan fingerprint density at radius 2 is 2.16 bits per heavy atom. The second-order valence-electron chi connectivity index (χ2n) is 5.24. The van der Waals surface area contributed by atoms with Crippen LogP contribution in [0.25, 0.3) is 0 Å². The number of nitrogens with zero attached hydrogens (tertiary/aromatic N) is 1. The molecular formula is C16H26N2O. The maximum atomic E-state index is 6.42. The molecule has 1 aromatic rings. The van der Waals surface area contributed by atoms with E-state index >= 15 is 0 Å². The van der Waals surface area contributed by atoms with Crippen molar-refractivity contribution >= 4 is 0 Å². The molecule has 1 fully saturated rings. The van der Waals surface area contributed by atoms with E-state index in [-0.39, 0.29) is 6.04 Å². The average Bonchev–Trinajstić information content (AvgIpc) is 2.61. The third-order valence-corrected chi connectivity index (χ3v) is 3.95. The number of rotatable bonds is 4. The smallest absolute Gasteiger partial charge is 0.119 e. The normalized spacial score (nSPS) is 25.0. The van der Waals surface area contributed by atoms with Crippen LogP contribution in [0, 0.1) is 0 Å². The first-order chi connectivity index (χ1) is 9.26. The van der Waals surface area contributed by atoms with E-state index in [0.29, 0.717) is 12.6 Å². The monoisotopic (exact) mass is 262 g/mol. The van der Waals surface area contributed by atoms with Crippen LogP contribution in [0.3, 0.4) is 0 Å². The summed E-state index contributed by atoms with van der Waals surface area (Å²) in [5, 5.41) is 0. The maximum absolute atomic E-state index is 6.42. The van der Waals surface area contributed by atoms with E-state index in [1.54, 1.807) is 0 Å². The van der Waals surface area contributed by atoms with E-state index < -0.39 is 0 Å². The van der Waals surface area contributed by atoms with Crippen molar-refractivity contribution in [3.63, 3.8) is 0 Å². The topological polar surface area (TPSA) is 38.5 Å². The lowest BCUT2D eigenvalue weighted by atomic mass is 9.96. The molecule has 1 aliphatic heterocycles. The van der Waals surface area contributed by atoms with Gasteiger partial charge in [-0.2, -0.15) is 0 Å². The number of ether oxygens (including phenoxy) is 1. The van der Waals surface area contributed by atoms with E-state index in [1.807, 2.05) is 13.0 Å². The number of likely N-dealkylation sites (tertiary alicyclic amines) is 1. The van der Waals surface area contributed by atoms with Gasteiger partial charge in [0.2, 0.25) is 0 Å². The fourth-order valence-corrected chi connectivity index (χ4v) is 3.03. The highest BCUT2D eigenvalue weighted by Gasteiger charge is 2.27. The standard InChI is InChI=1S/C16H26N2O/c1-3-18-11-6-5-10-15(17)16(18)13-8-7-9-14(12-13)19-4-2/h7-9,12,15-16H,3-6,10-11,17H2,1-2H3. The van der Waals surface area contributed by atoms with Crippen LogP contribution < -0.4 is 10.5 Å². The van der Waals surface area contributed by atoms with E-state index in [1.165, 1.54) is 18.4 Å². The van der Waals surface area contributed by atoms with Gasteiger partial charge in [-0.1, -0.05) is 25.5 Å². The summed E-state index contributed by atoms with van der Waals surface area (Å²) in [5.41, 5.74) is 7.71. The van der Waals surface area contributed by atoms with Crippen molar-refractivity contribution in [1.82, 2.24) is 4.90 Å². The van der Waals surface area contributed by atoms with E-state index in [4.69, 9.17) is 10.5 Å². The molecule has 3 nitrogen and oxygen atoms in total. The highest BCUT2D eigenvalue weighted by molar-refractivity contribution is 5.31. The molecule has 0 spiro atoms. The van der Waals surface area contributed by atoms with Gasteiger partial charge >= 0.3 is 0 Å². The zero-order valence-corrected chi connectivity index (χ0v) is 12.1. The molecule has 0 amide bonds. The van der Waals surface area contributed by atoms with Gasteiger partial charge in [-0.25, -0.2) is 0 Å². The minimum absolute atomic E-state index is 0.222. The Morgan fingerprint density at radius 1 is 1.32 bits per heavy atom. The van der Waals surface area contributed by atoms with Crippen molar-refractivity contribution in [2.24, 2.45) is 5.73 Å². The maximum Gasteiger partial charge on any atom is 0.119 e. The minimum atomic E-state index is 0.222. The van der Waals surface area contributed by atoms with Crippen LogP contribution in [-0.2, 0) is 0 Å². The zero-order valence-electron chi connectivity index (χ0n) is 12.1. The third-order valence-electron chi connectivity index (χ3n) is 3.95. The number of hydrogen-bond donors (Lipinski definition) is 1. The molecular weight excluding hydrogens is 236 g/mol. The summed E-state index contributed by atoms with van der Waals surface area (Å²) in [6, 6.07) is 8.98. The molecule has 0 saturated carbocycles. The van der Waals surface area contributed by atoms with Gasteiger partial charge < -0.3 is 10.5 Å². The summed E-state index contributed by atoms with van der Waals surface area (Å²) in [7, 11) is 0. The lowest BCUT2D eigenvalue weighted by Crippen LogP contribution is -2.39. The Hall–Kier alpha value is -1.06. The van der Waals surface area contributed by atoms with Gasteiger partial charge in [0.25, 0.3) is 0 Å². The Bertz CT molecular complexity index is 394. The van der Waals surface area contributed by atoms with Crippen LogP contribution in [0.4, 0.5) is 0 Å². The lowest BCUT2D eigenvalue weighted by molar-refractivity contribution is 0.195. The van der Waals surface area contributed by atoms with Gasteiger partial charge in [0.1, 0.15) is 5.75 Å². The Kier molecular flexibility index (Phi) is 5.23. The van der Waals surface area contributed by atoms with Crippen molar-refractivity contribution in [3.05, 3.63) is 29.8 Å². The molecule has 106 valence electrons. The van der Waals surface area contributed by atoms with Gasteiger partial charge in [-0.3, -0.25) is 4.90 Å². The number of benzene rings is 1. The van der Waals surface area contributed by atoms with Gasteiger partial charge in [0.05, 0.1) is 6.61 Å². The largest absolute Gasteiger partial charge is 0.494 e. The SMILES string of the molecule is CCOc1cccc(C2C(N)CCCCN2CC)c1. The summed E-state index contributed by atoms with van der Waals surface area (Å²) in [5.74, 6) is 0.951. The predicted octanol–water partition coefficient (Wildman–Crippen LogP) is 2.96. The quantitative estimate of drug-likeness (QED) is 0.906. The number of nitrogens with two attached hydrogens (primary N) is 1. The molecule has 2 rings (SSSR count). The first kappa shape index (κ1) is 14.4. The number of likely N-dealkylation sites (N-methyl/N-ethyl adjacent to an activating group) is 1. The van der Waals surface area contributed by atoms with Gasteiger partial charge in [0, 0.05) is 12.1 Å². The highest BCUT2D eigenvalue weighted by atomic mass is 16.5. The van der Waals surface area contributed by atoms with Crippen molar-refractivity contribution in [1.29, 1.82) is 0 Å². The Labute approximate surface area is 116 Å². The molecule has 2 N–H and O–H groups in total. The number of hydrogen-bond acceptors (Lipinski definition) is 3. The summed E-state index contributed by atoms with van der Waals surface area (Å²) in [4.78, 5) is 2.50. The molecule has 0 bridgehead atoms. The average molecular weight is 262 g/mol. The highest BCUT2D eigenvalue weighted by Crippen LogP contribution is 2.31. The third kappa shape index (κ3) is 3.48. The summed E-state index contributed by atoms with van der Waals surface area (Å²) in [6.07, 6.45) is 3.60. The van der Waals surface area contributed by atoms with Crippen LogP contribution in [-0.4, -0.2) is 30.6 Å². The molecule has 0 aromatic heterocycles. The van der Waals surface area contributed by atoms with E-state index in [2.05, 4.69) is 30.0 Å². The molecule has 0 aliphatic carbocycles. The van der Waals surface area contributed by atoms with E-state index in [0.717, 1.165) is 25.3 Å². The molecule has 1 aromatic carbocycles. The molecule has 3 heteroatoms. The first-order valence-corrected chi connectivity index (χ1v) is 7.48. The summed E-state index contributed by atoms with van der Waals surface area (Å²) in [6.45, 7) is 7.14. The molecule has 1 heterocycles. The van der Waals surface area contributed by atoms with Gasteiger partial charge in [-0.15, -0.1) is 0 Å². The zero-order chi connectivity index (χ0) is 13.7. The fourth-order valence-electron chi connectivity index (χ4n) is 3.03. The van der Waals surface area contributed by atoms with E-state index in [9.17, 15) is 0 Å². The Morgan fingerprint density at radius 3 is 2.89 bits per heavy atom. The van der Waals surface area contributed by atoms with Gasteiger partial charge in [-0.05, 0) is 50.6 Å². The predicted molar refractivity (Wildman–Crippen MR) is 79.4 cm³/mol. The van der Waals surface area contributed by atoms with Crippen molar-refractivity contribution < 1.29 is 4.74 Å². The summed E-state index contributed by atoms with van der Waals surface area (Å²) >= 11 is 0. The van der Waals surface area contributed by atoms with Crippen LogP contribution in [0.15, 0.2) is 24.3 Å². The second kappa shape index (κ2) is 6.92. The van der Waals surface area contributed by atoms with Crippen molar-refractivity contribution in [3.8, 4) is 5.75 Å². The lowest BCUT2D eigenvalue weighted by Gasteiger charge is -2.33. The summed E-state index contributed by atoms with van der Waals surface area (Å²) < 4.78 is 5.61. The van der Waals surface area contributed by atoms with Crippen molar-refractivity contribution in [2.45, 2.75) is 45.2 Å². The van der Waals surface area contributed by atoms with Crippen molar-refractivity contribution in [2.75, 3.05) is 19.7 Å². The molecule has 1 aliphatic rings.